The van der Waals surface area contributed by atoms with Gasteiger partial charge in [0.25, 0.3) is 10.0 Å². The number of rotatable bonds is 5. The molecule has 0 radical (unpaired) electrons. The third-order valence-electron chi connectivity index (χ3n) is 3.60. The zero-order chi connectivity index (χ0) is 17.2. The zero-order valence-corrected chi connectivity index (χ0v) is 14.4. The summed E-state index contributed by atoms with van der Waals surface area (Å²) in [6.07, 6.45) is 0. The van der Waals surface area contributed by atoms with Gasteiger partial charge in [0, 0.05) is 0 Å². The van der Waals surface area contributed by atoms with Crippen molar-refractivity contribution < 1.29 is 17.5 Å². The smallest absolute Gasteiger partial charge is 0.262 e. The van der Waals surface area contributed by atoms with Crippen molar-refractivity contribution in [3.8, 4) is 5.75 Å². The summed E-state index contributed by atoms with van der Waals surface area (Å²) in [6.45, 7) is 5.80. The lowest BCUT2D eigenvalue weighted by Gasteiger charge is -2.17. The highest BCUT2D eigenvalue weighted by molar-refractivity contribution is 7.92. The number of para-hydroxylation sites is 1. The second kappa shape index (κ2) is 6.58. The SMILES string of the molecule is COc1ccc(S(=O)(=O)Nc2c(C)cccc2C(C)C)cc1F. The van der Waals surface area contributed by atoms with Crippen LogP contribution in [0, 0.1) is 12.7 Å². The number of methoxy groups -OCH3 is 1. The zero-order valence-electron chi connectivity index (χ0n) is 13.6. The van der Waals surface area contributed by atoms with E-state index in [-0.39, 0.29) is 16.6 Å². The Morgan fingerprint density at radius 1 is 1.17 bits per heavy atom. The highest BCUT2D eigenvalue weighted by atomic mass is 32.2. The van der Waals surface area contributed by atoms with Gasteiger partial charge in [0.15, 0.2) is 11.6 Å². The van der Waals surface area contributed by atoms with E-state index >= 15 is 0 Å². The van der Waals surface area contributed by atoms with E-state index < -0.39 is 15.8 Å². The summed E-state index contributed by atoms with van der Waals surface area (Å²) in [7, 11) is -2.56. The van der Waals surface area contributed by atoms with Crippen LogP contribution in [0.5, 0.6) is 5.75 Å². The molecule has 0 amide bonds. The molecule has 6 heteroatoms. The van der Waals surface area contributed by atoms with E-state index in [1.54, 1.807) is 0 Å². The topological polar surface area (TPSA) is 55.4 Å². The quantitative estimate of drug-likeness (QED) is 0.895. The third-order valence-corrected chi connectivity index (χ3v) is 4.94. The lowest BCUT2D eigenvalue weighted by molar-refractivity contribution is 0.385. The minimum absolute atomic E-state index is 0.00251. The molecule has 0 bridgehead atoms. The number of nitrogens with one attached hydrogen (secondary N) is 1. The maximum atomic E-state index is 13.8. The second-order valence-electron chi connectivity index (χ2n) is 5.60. The summed E-state index contributed by atoms with van der Waals surface area (Å²) < 4.78 is 46.3. The first kappa shape index (κ1) is 17.3. The summed E-state index contributed by atoms with van der Waals surface area (Å²) in [6, 6.07) is 9.16. The molecule has 0 aliphatic heterocycles. The fraction of sp³-hybridized carbons (Fsp3) is 0.294. The number of hydrogen-bond acceptors (Lipinski definition) is 3. The number of anilines is 1. The van der Waals surface area contributed by atoms with Crippen molar-refractivity contribution in [2.75, 3.05) is 11.8 Å². The largest absolute Gasteiger partial charge is 0.494 e. The number of benzene rings is 2. The van der Waals surface area contributed by atoms with Crippen LogP contribution in [0.3, 0.4) is 0 Å². The maximum absolute atomic E-state index is 13.8. The van der Waals surface area contributed by atoms with Crippen LogP contribution < -0.4 is 9.46 Å². The Morgan fingerprint density at radius 3 is 2.43 bits per heavy atom. The van der Waals surface area contributed by atoms with E-state index in [4.69, 9.17) is 4.74 Å². The van der Waals surface area contributed by atoms with Crippen molar-refractivity contribution in [2.45, 2.75) is 31.6 Å². The number of halogens is 1. The minimum atomic E-state index is -3.88. The van der Waals surface area contributed by atoms with Crippen molar-refractivity contribution in [1.82, 2.24) is 0 Å². The molecule has 0 spiro atoms. The van der Waals surface area contributed by atoms with Gasteiger partial charge in [-0.15, -0.1) is 0 Å². The fourth-order valence-electron chi connectivity index (χ4n) is 2.32. The molecular weight excluding hydrogens is 317 g/mol. The van der Waals surface area contributed by atoms with E-state index in [0.29, 0.717) is 5.69 Å². The first-order chi connectivity index (χ1) is 10.8. The van der Waals surface area contributed by atoms with Crippen molar-refractivity contribution in [2.24, 2.45) is 0 Å². The van der Waals surface area contributed by atoms with Crippen LogP contribution >= 0.6 is 0 Å². The Kier molecular flexibility index (Phi) is 4.94. The van der Waals surface area contributed by atoms with Crippen molar-refractivity contribution in [3.63, 3.8) is 0 Å². The van der Waals surface area contributed by atoms with Gasteiger partial charge in [-0.2, -0.15) is 0 Å². The Labute approximate surface area is 136 Å². The molecule has 2 aromatic rings. The molecular formula is C17H20FNO3S. The van der Waals surface area contributed by atoms with Gasteiger partial charge < -0.3 is 4.74 Å². The summed E-state index contributed by atoms with van der Waals surface area (Å²) in [4.78, 5) is -0.145. The average Bonchev–Trinajstić information content (AvgIpc) is 2.48. The van der Waals surface area contributed by atoms with Gasteiger partial charge in [-0.25, -0.2) is 12.8 Å². The minimum Gasteiger partial charge on any atom is -0.494 e. The highest BCUT2D eigenvalue weighted by Gasteiger charge is 2.20. The Balaban J connectivity index is 2.45. The van der Waals surface area contributed by atoms with Crippen LogP contribution in [0.1, 0.15) is 30.9 Å². The molecule has 0 unspecified atom stereocenters. The first-order valence-corrected chi connectivity index (χ1v) is 8.70. The highest BCUT2D eigenvalue weighted by Crippen LogP contribution is 2.30. The van der Waals surface area contributed by atoms with E-state index in [2.05, 4.69) is 4.72 Å². The summed E-state index contributed by atoms with van der Waals surface area (Å²) in [5, 5.41) is 0. The number of hydrogen-bond donors (Lipinski definition) is 1. The van der Waals surface area contributed by atoms with Gasteiger partial charge in [0.05, 0.1) is 17.7 Å². The van der Waals surface area contributed by atoms with Gasteiger partial charge in [0.1, 0.15) is 0 Å². The Hall–Kier alpha value is -2.08. The lowest BCUT2D eigenvalue weighted by atomic mass is 9.99. The Morgan fingerprint density at radius 2 is 1.87 bits per heavy atom. The van der Waals surface area contributed by atoms with Crippen LogP contribution in [0.4, 0.5) is 10.1 Å². The third kappa shape index (κ3) is 3.64. The molecule has 2 rings (SSSR count). The standard InChI is InChI=1S/C17H20FNO3S/c1-11(2)14-7-5-6-12(3)17(14)19-23(20,21)13-8-9-16(22-4)15(18)10-13/h5-11,19H,1-4H3. The van der Waals surface area contributed by atoms with Gasteiger partial charge in [0.2, 0.25) is 0 Å². The molecule has 0 saturated carbocycles. The molecule has 2 aromatic carbocycles. The van der Waals surface area contributed by atoms with Crippen molar-refractivity contribution >= 4 is 15.7 Å². The molecule has 0 saturated heterocycles. The van der Waals surface area contributed by atoms with Gasteiger partial charge >= 0.3 is 0 Å². The molecule has 0 aliphatic carbocycles. The molecule has 0 fully saturated rings. The van der Waals surface area contributed by atoms with Gasteiger partial charge in [-0.1, -0.05) is 32.0 Å². The molecule has 1 N–H and O–H groups in total. The molecule has 4 nitrogen and oxygen atoms in total. The molecule has 0 aliphatic rings. The maximum Gasteiger partial charge on any atom is 0.262 e. The van der Waals surface area contributed by atoms with Crippen LogP contribution in [0.2, 0.25) is 0 Å². The predicted octanol–water partition coefficient (Wildman–Crippen LogP) is 4.07. The monoisotopic (exact) mass is 337 g/mol. The van der Waals surface area contributed by atoms with Gasteiger partial charge in [-0.3, -0.25) is 4.72 Å². The van der Waals surface area contributed by atoms with E-state index in [9.17, 15) is 12.8 Å². The second-order valence-corrected chi connectivity index (χ2v) is 7.28. The molecule has 0 heterocycles. The molecule has 0 aromatic heterocycles. The van der Waals surface area contributed by atoms with Crippen LogP contribution in [0.15, 0.2) is 41.3 Å². The average molecular weight is 337 g/mol. The lowest BCUT2D eigenvalue weighted by Crippen LogP contribution is -2.16. The van der Waals surface area contributed by atoms with Crippen molar-refractivity contribution in [1.29, 1.82) is 0 Å². The van der Waals surface area contributed by atoms with Crippen molar-refractivity contribution in [3.05, 3.63) is 53.3 Å². The normalized spacial score (nSPS) is 11.6. The van der Waals surface area contributed by atoms with Crippen LogP contribution in [0.25, 0.3) is 0 Å². The van der Waals surface area contributed by atoms with Crippen LogP contribution in [-0.2, 0) is 10.0 Å². The first-order valence-electron chi connectivity index (χ1n) is 7.22. The molecule has 0 atom stereocenters. The van der Waals surface area contributed by atoms with E-state index in [0.717, 1.165) is 17.2 Å². The van der Waals surface area contributed by atoms with E-state index in [1.165, 1.54) is 19.2 Å². The summed E-state index contributed by atoms with van der Waals surface area (Å²) in [5.41, 5.74) is 2.25. The van der Waals surface area contributed by atoms with Crippen LogP contribution in [-0.4, -0.2) is 15.5 Å². The Bertz CT molecular complexity index is 817. The van der Waals surface area contributed by atoms with Gasteiger partial charge in [-0.05, 0) is 42.2 Å². The number of sulfonamides is 1. The summed E-state index contributed by atoms with van der Waals surface area (Å²) in [5.74, 6) is -0.563. The molecule has 124 valence electrons. The van der Waals surface area contributed by atoms with E-state index in [1.807, 2.05) is 39.0 Å². The summed E-state index contributed by atoms with van der Waals surface area (Å²) >= 11 is 0. The number of ether oxygens (including phenoxy) is 1. The number of aryl methyl sites for hydroxylation is 1. The fourth-order valence-corrected chi connectivity index (χ4v) is 3.49. The predicted molar refractivity (Wildman–Crippen MR) is 89.0 cm³/mol. The molecule has 23 heavy (non-hydrogen) atoms.